The van der Waals surface area contributed by atoms with Gasteiger partial charge in [0.15, 0.2) is 16.3 Å². The van der Waals surface area contributed by atoms with Crippen LogP contribution in [0.5, 0.6) is 0 Å². The molecule has 2 aromatic heterocycles. The minimum Gasteiger partial charge on any atom is -0.393 e. The highest BCUT2D eigenvalue weighted by molar-refractivity contribution is 7.99. The Bertz CT molecular complexity index is 1080. The van der Waals surface area contributed by atoms with E-state index in [1.54, 1.807) is 14.0 Å². The Morgan fingerprint density at radius 2 is 1.96 bits per heavy atom. The van der Waals surface area contributed by atoms with Gasteiger partial charge in [0.25, 0.3) is 5.56 Å². The molecule has 0 aliphatic carbocycles. The van der Waals surface area contributed by atoms with Crippen LogP contribution in [0, 0.1) is 6.92 Å². The second-order valence-electron chi connectivity index (χ2n) is 6.51. The lowest BCUT2D eigenvalue weighted by Gasteiger charge is -2.10. The van der Waals surface area contributed by atoms with Crippen molar-refractivity contribution in [3.05, 3.63) is 56.2 Å². The van der Waals surface area contributed by atoms with Crippen molar-refractivity contribution >= 4 is 22.9 Å². The molecule has 3 rings (SSSR count). The van der Waals surface area contributed by atoms with Gasteiger partial charge in [-0.25, -0.2) is 9.78 Å². The molecule has 0 fully saturated rings. The summed E-state index contributed by atoms with van der Waals surface area (Å²) in [5.41, 5.74) is 2.15. The van der Waals surface area contributed by atoms with Crippen LogP contribution in [-0.2, 0) is 20.6 Å². The fourth-order valence-corrected chi connectivity index (χ4v) is 3.72. The maximum atomic E-state index is 12.8. The van der Waals surface area contributed by atoms with Gasteiger partial charge in [0, 0.05) is 19.8 Å². The first kappa shape index (κ1) is 18.5. The van der Waals surface area contributed by atoms with Crippen molar-refractivity contribution in [1.29, 1.82) is 0 Å². The number of thioether (sulfide) groups is 1. The number of nitrogens with zero attached hydrogens (tertiary/aromatic N) is 4. The molecule has 0 spiro atoms. The van der Waals surface area contributed by atoms with E-state index in [2.05, 4.69) is 11.1 Å². The third-order valence-electron chi connectivity index (χ3n) is 4.19. The number of rotatable bonds is 5. The fraction of sp³-hybridized carbons (Fsp3) is 0.389. The van der Waals surface area contributed by atoms with Crippen molar-refractivity contribution in [2.45, 2.75) is 31.7 Å². The van der Waals surface area contributed by atoms with Gasteiger partial charge in [-0.2, -0.15) is 0 Å². The van der Waals surface area contributed by atoms with E-state index >= 15 is 0 Å². The summed E-state index contributed by atoms with van der Waals surface area (Å²) >= 11 is 1.37. The maximum absolute atomic E-state index is 12.8. The Kier molecular flexibility index (Phi) is 5.06. The predicted octanol–water partition coefficient (Wildman–Crippen LogP) is 1.26. The van der Waals surface area contributed by atoms with E-state index in [4.69, 9.17) is 0 Å². The fourth-order valence-electron chi connectivity index (χ4n) is 2.87. The quantitative estimate of drug-likeness (QED) is 0.680. The number of aliphatic hydroxyl groups is 1. The number of fused-ring (bicyclic) bond motifs is 1. The summed E-state index contributed by atoms with van der Waals surface area (Å²) < 4.78 is 4.31. The molecule has 0 saturated heterocycles. The van der Waals surface area contributed by atoms with Crippen LogP contribution in [0.1, 0.15) is 18.1 Å². The smallest absolute Gasteiger partial charge is 0.332 e. The molecule has 0 radical (unpaired) electrons. The van der Waals surface area contributed by atoms with Gasteiger partial charge in [0.1, 0.15) is 0 Å². The van der Waals surface area contributed by atoms with Gasteiger partial charge in [0.2, 0.25) is 0 Å². The van der Waals surface area contributed by atoms with Crippen LogP contribution >= 0.6 is 11.8 Å². The van der Waals surface area contributed by atoms with Crippen molar-refractivity contribution in [2.24, 2.45) is 14.1 Å². The average molecular weight is 374 g/mol. The van der Waals surface area contributed by atoms with Crippen LogP contribution in [0.2, 0.25) is 0 Å². The topological polar surface area (TPSA) is 82.1 Å². The lowest BCUT2D eigenvalue weighted by Crippen LogP contribution is -2.37. The third-order valence-corrected chi connectivity index (χ3v) is 5.41. The molecular formula is C18H22N4O3S. The second-order valence-corrected chi connectivity index (χ2v) is 7.49. The van der Waals surface area contributed by atoms with E-state index in [0.717, 1.165) is 15.7 Å². The zero-order valence-corrected chi connectivity index (χ0v) is 16.1. The van der Waals surface area contributed by atoms with Crippen LogP contribution in [0.15, 0.2) is 39.0 Å². The van der Waals surface area contributed by atoms with Gasteiger partial charge in [-0.1, -0.05) is 41.6 Å². The third kappa shape index (κ3) is 3.34. The standard InChI is InChI=1S/C18H22N4O3S/c1-11-6-5-7-13(8-11)9-22-14-15(19-17(22)26-10-12(2)23)20(3)18(25)21(4)16(14)24/h5-8,12,23H,9-10H2,1-4H3/t12-/m1/s1. The Morgan fingerprint density at radius 3 is 2.62 bits per heavy atom. The predicted molar refractivity (Wildman–Crippen MR) is 103 cm³/mol. The van der Waals surface area contributed by atoms with E-state index in [0.29, 0.717) is 28.6 Å². The van der Waals surface area contributed by atoms with Crippen LogP contribution in [0.3, 0.4) is 0 Å². The van der Waals surface area contributed by atoms with Crippen LogP contribution in [0.4, 0.5) is 0 Å². The first-order valence-corrected chi connectivity index (χ1v) is 9.30. The highest BCUT2D eigenvalue weighted by atomic mass is 32.2. The molecule has 0 bridgehead atoms. The highest BCUT2D eigenvalue weighted by Crippen LogP contribution is 2.23. The molecule has 26 heavy (non-hydrogen) atoms. The zero-order valence-electron chi connectivity index (χ0n) is 15.3. The molecule has 1 atom stereocenters. The maximum Gasteiger partial charge on any atom is 0.332 e. The molecular weight excluding hydrogens is 352 g/mol. The lowest BCUT2D eigenvalue weighted by atomic mass is 10.1. The van der Waals surface area contributed by atoms with Crippen LogP contribution in [-0.4, -0.2) is 35.6 Å². The summed E-state index contributed by atoms with van der Waals surface area (Å²) in [4.78, 5) is 29.5. The number of aryl methyl sites for hydroxylation is 2. The molecule has 1 aromatic carbocycles. The van der Waals surface area contributed by atoms with Crippen molar-refractivity contribution < 1.29 is 5.11 Å². The lowest BCUT2D eigenvalue weighted by molar-refractivity contribution is 0.220. The van der Waals surface area contributed by atoms with Crippen molar-refractivity contribution in [3.63, 3.8) is 0 Å². The zero-order chi connectivity index (χ0) is 19.0. The summed E-state index contributed by atoms with van der Waals surface area (Å²) in [6.45, 7) is 4.18. The molecule has 8 heteroatoms. The Balaban J connectivity index is 2.24. The van der Waals surface area contributed by atoms with E-state index in [1.807, 2.05) is 29.7 Å². The Hall–Kier alpha value is -2.32. The van der Waals surface area contributed by atoms with E-state index < -0.39 is 11.8 Å². The molecule has 1 N–H and O–H groups in total. The van der Waals surface area contributed by atoms with Gasteiger partial charge >= 0.3 is 5.69 Å². The molecule has 7 nitrogen and oxygen atoms in total. The molecule has 0 amide bonds. The highest BCUT2D eigenvalue weighted by Gasteiger charge is 2.20. The number of imidazole rings is 1. The number of aliphatic hydroxyl groups excluding tert-OH is 1. The minimum atomic E-state index is -0.501. The molecule has 2 heterocycles. The van der Waals surface area contributed by atoms with Gasteiger partial charge < -0.3 is 9.67 Å². The monoisotopic (exact) mass is 374 g/mol. The molecule has 0 saturated carbocycles. The second kappa shape index (κ2) is 7.13. The van der Waals surface area contributed by atoms with E-state index in [9.17, 15) is 14.7 Å². The number of aromatic nitrogens is 4. The largest absolute Gasteiger partial charge is 0.393 e. The normalized spacial score (nSPS) is 12.7. The summed E-state index contributed by atoms with van der Waals surface area (Å²) in [5.74, 6) is 0.450. The van der Waals surface area contributed by atoms with E-state index in [1.165, 1.54) is 23.4 Å². The van der Waals surface area contributed by atoms with Gasteiger partial charge in [-0.3, -0.25) is 13.9 Å². The number of hydrogen-bond donors (Lipinski definition) is 1. The Morgan fingerprint density at radius 1 is 1.23 bits per heavy atom. The number of benzene rings is 1. The van der Waals surface area contributed by atoms with Crippen LogP contribution in [0.25, 0.3) is 11.2 Å². The SMILES string of the molecule is Cc1cccc(Cn2c(SC[C@@H](C)O)nc3c2c(=O)n(C)c(=O)n3C)c1. The van der Waals surface area contributed by atoms with Crippen molar-refractivity contribution in [2.75, 3.05) is 5.75 Å². The Labute approximate surface area is 154 Å². The van der Waals surface area contributed by atoms with E-state index in [-0.39, 0.29) is 5.56 Å². The summed E-state index contributed by atoms with van der Waals surface area (Å²) in [7, 11) is 3.08. The summed E-state index contributed by atoms with van der Waals surface area (Å²) in [6.07, 6.45) is -0.501. The first-order valence-electron chi connectivity index (χ1n) is 8.32. The van der Waals surface area contributed by atoms with Crippen LogP contribution < -0.4 is 11.2 Å². The van der Waals surface area contributed by atoms with Crippen molar-refractivity contribution in [3.8, 4) is 0 Å². The van der Waals surface area contributed by atoms with Gasteiger partial charge in [-0.05, 0) is 19.4 Å². The minimum absolute atomic E-state index is 0.360. The summed E-state index contributed by atoms with van der Waals surface area (Å²) in [5, 5.41) is 10.2. The van der Waals surface area contributed by atoms with Gasteiger partial charge in [-0.15, -0.1) is 0 Å². The molecule has 0 aliphatic rings. The molecule has 0 aliphatic heterocycles. The molecule has 3 aromatic rings. The van der Waals surface area contributed by atoms with Gasteiger partial charge in [0.05, 0.1) is 12.6 Å². The first-order chi connectivity index (χ1) is 12.3. The molecule has 0 unspecified atom stereocenters. The average Bonchev–Trinajstić information content (AvgIpc) is 2.95. The molecule has 138 valence electrons. The number of hydrogen-bond acceptors (Lipinski definition) is 5. The summed E-state index contributed by atoms with van der Waals surface area (Å²) in [6, 6.07) is 8.04. The van der Waals surface area contributed by atoms with Crippen molar-refractivity contribution in [1.82, 2.24) is 18.7 Å².